The Hall–Kier alpha value is -3.52. The lowest BCUT2D eigenvalue weighted by Crippen LogP contribution is -2.26. The second-order valence-corrected chi connectivity index (χ2v) is 7.56. The summed E-state index contributed by atoms with van der Waals surface area (Å²) in [5.74, 6) is -3.01. The molecule has 1 heterocycles. The number of carbonyl (C=O) groups is 4. The van der Waals surface area contributed by atoms with E-state index in [2.05, 4.69) is 17.4 Å². The maximum atomic E-state index is 11.8. The summed E-state index contributed by atoms with van der Waals surface area (Å²) in [6.07, 6.45) is 0.431. The lowest BCUT2D eigenvalue weighted by atomic mass is 10.1. The van der Waals surface area contributed by atoms with Crippen molar-refractivity contribution in [2.45, 2.75) is 33.4 Å². The number of carbonyl (C=O) groups excluding carboxylic acids is 4. The smallest absolute Gasteiger partial charge is 0.318 e. The van der Waals surface area contributed by atoms with Crippen LogP contribution in [0.4, 0.5) is 0 Å². The van der Waals surface area contributed by atoms with Crippen molar-refractivity contribution >= 4 is 23.6 Å². The van der Waals surface area contributed by atoms with Gasteiger partial charge >= 0.3 is 11.9 Å². The van der Waals surface area contributed by atoms with E-state index < -0.39 is 23.6 Å². The molecule has 1 N–H and O–H groups in total. The van der Waals surface area contributed by atoms with Gasteiger partial charge in [-0.3, -0.25) is 19.2 Å². The predicted octanol–water partition coefficient (Wildman–Crippen LogP) is 2.51. The molecule has 2 aromatic rings. The molecule has 1 aliphatic rings. The largest absolute Gasteiger partial charge is 0.466 e. The van der Waals surface area contributed by atoms with E-state index in [4.69, 9.17) is 9.47 Å². The van der Waals surface area contributed by atoms with E-state index in [9.17, 15) is 19.2 Å². The van der Waals surface area contributed by atoms with Gasteiger partial charge in [0.2, 0.25) is 5.78 Å². The van der Waals surface area contributed by atoms with Crippen molar-refractivity contribution in [1.29, 1.82) is 0 Å². The molecular weight excluding hydrogens is 436 g/mol. The summed E-state index contributed by atoms with van der Waals surface area (Å²) >= 11 is 0. The molecule has 1 amide bonds. The quantitative estimate of drug-likeness (QED) is 0.247. The molecule has 34 heavy (non-hydrogen) atoms. The van der Waals surface area contributed by atoms with E-state index >= 15 is 0 Å². The van der Waals surface area contributed by atoms with Crippen molar-refractivity contribution in [3.8, 4) is 0 Å². The van der Waals surface area contributed by atoms with Gasteiger partial charge in [-0.25, -0.2) is 0 Å². The van der Waals surface area contributed by atoms with Crippen molar-refractivity contribution in [3.63, 3.8) is 0 Å². The SMILES string of the molecule is CCOC(=O)C1CN(Cc2ccccc2)C(=O)C1=O.CCOC(=O)CCNCc1ccccc1. The molecular formula is C26H32N2O6. The number of likely N-dealkylation sites (tertiary alicyclic amines) is 1. The Labute approximate surface area is 200 Å². The van der Waals surface area contributed by atoms with Crippen LogP contribution in [-0.2, 0) is 41.7 Å². The zero-order valence-corrected chi connectivity index (χ0v) is 19.7. The number of amides is 1. The molecule has 1 aliphatic heterocycles. The van der Waals surface area contributed by atoms with Crippen molar-refractivity contribution in [3.05, 3.63) is 71.8 Å². The highest BCUT2D eigenvalue weighted by Crippen LogP contribution is 2.18. The van der Waals surface area contributed by atoms with Crippen LogP contribution in [0.5, 0.6) is 0 Å². The van der Waals surface area contributed by atoms with Gasteiger partial charge in [0.05, 0.1) is 19.6 Å². The fourth-order valence-corrected chi connectivity index (χ4v) is 3.31. The molecule has 8 heteroatoms. The second kappa shape index (κ2) is 14.6. The topological polar surface area (TPSA) is 102 Å². The van der Waals surface area contributed by atoms with E-state index in [1.54, 1.807) is 6.92 Å². The molecule has 0 radical (unpaired) electrons. The number of benzene rings is 2. The van der Waals surface area contributed by atoms with Crippen LogP contribution in [-0.4, -0.2) is 54.8 Å². The molecule has 0 saturated carbocycles. The molecule has 182 valence electrons. The van der Waals surface area contributed by atoms with Gasteiger partial charge < -0.3 is 19.7 Å². The number of Topliss-reactive ketones (excluding diaryl/α,β-unsaturated/α-hetero) is 1. The number of hydrogen-bond acceptors (Lipinski definition) is 7. The van der Waals surface area contributed by atoms with Crippen molar-refractivity contribution in [2.75, 3.05) is 26.3 Å². The van der Waals surface area contributed by atoms with Crippen LogP contribution < -0.4 is 5.32 Å². The highest BCUT2D eigenvalue weighted by molar-refractivity contribution is 6.42. The fraction of sp³-hybridized carbons (Fsp3) is 0.385. The highest BCUT2D eigenvalue weighted by Gasteiger charge is 2.43. The van der Waals surface area contributed by atoms with E-state index in [-0.39, 0.29) is 19.1 Å². The summed E-state index contributed by atoms with van der Waals surface area (Å²) in [7, 11) is 0. The van der Waals surface area contributed by atoms with Crippen LogP contribution >= 0.6 is 0 Å². The van der Waals surface area contributed by atoms with Crippen molar-refractivity contribution < 1.29 is 28.7 Å². The molecule has 0 bridgehead atoms. The summed E-state index contributed by atoms with van der Waals surface area (Å²) < 4.78 is 9.62. The summed E-state index contributed by atoms with van der Waals surface area (Å²) in [5.41, 5.74) is 2.15. The molecule has 0 aromatic heterocycles. The van der Waals surface area contributed by atoms with Gasteiger partial charge in [-0.05, 0) is 25.0 Å². The molecule has 1 unspecified atom stereocenters. The fourth-order valence-electron chi connectivity index (χ4n) is 3.31. The summed E-state index contributed by atoms with van der Waals surface area (Å²) in [5, 5.41) is 3.19. The third-order valence-electron chi connectivity index (χ3n) is 4.99. The average molecular weight is 469 g/mol. The number of ketones is 1. The third-order valence-corrected chi connectivity index (χ3v) is 4.99. The van der Waals surface area contributed by atoms with E-state index in [0.717, 1.165) is 12.1 Å². The maximum Gasteiger partial charge on any atom is 0.318 e. The average Bonchev–Trinajstić information content (AvgIpc) is 3.12. The Kier molecular flexibility index (Phi) is 11.5. The van der Waals surface area contributed by atoms with Crippen molar-refractivity contribution in [1.82, 2.24) is 10.2 Å². The van der Waals surface area contributed by atoms with Crippen LogP contribution in [0.15, 0.2) is 60.7 Å². The third kappa shape index (κ3) is 8.78. The van der Waals surface area contributed by atoms with Gasteiger partial charge in [-0.2, -0.15) is 0 Å². The van der Waals surface area contributed by atoms with Crippen LogP contribution in [0, 0.1) is 5.92 Å². The van der Waals surface area contributed by atoms with Gasteiger partial charge in [0, 0.05) is 26.2 Å². The molecule has 3 rings (SSSR count). The molecule has 0 aliphatic carbocycles. The monoisotopic (exact) mass is 468 g/mol. The van der Waals surface area contributed by atoms with E-state index in [1.807, 2.05) is 55.5 Å². The number of hydrogen-bond donors (Lipinski definition) is 1. The first-order valence-corrected chi connectivity index (χ1v) is 11.4. The first-order valence-electron chi connectivity index (χ1n) is 11.4. The van der Waals surface area contributed by atoms with Gasteiger partial charge in [-0.1, -0.05) is 60.7 Å². The first kappa shape index (κ1) is 26.7. The van der Waals surface area contributed by atoms with E-state index in [1.165, 1.54) is 10.5 Å². The normalized spacial score (nSPS) is 14.9. The van der Waals surface area contributed by atoms with Crippen LogP contribution in [0.2, 0.25) is 0 Å². The molecule has 8 nitrogen and oxygen atoms in total. The Morgan fingerprint density at radius 1 is 0.912 bits per heavy atom. The lowest BCUT2D eigenvalue weighted by molar-refractivity contribution is -0.151. The minimum atomic E-state index is -0.976. The zero-order chi connectivity index (χ0) is 24.8. The zero-order valence-electron chi connectivity index (χ0n) is 19.7. The minimum absolute atomic E-state index is 0.103. The molecule has 2 aromatic carbocycles. The van der Waals surface area contributed by atoms with Crippen LogP contribution in [0.1, 0.15) is 31.4 Å². The van der Waals surface area contributed by atoms with E-state index in [0.29, 0.717) is 26.1 Å². The molecule has 0 spiro atoms. The molecule has 1 atom stereocenters. The molecule has 1 saturated heterocycles. The highest BCUT2D eigenvalue weighted by atomic mass is 16.5. The summed E-state index contributed by atoms with van der Waals surface area (Å²) in [6.45, 7) is 6.03. The standard InChI is InChI=1S/C14H15NO4.C12H17NO2/c1-2-19-14(18)11-9-15(13(17)12(11)16)8-10-6-4-3-5-7-10;1-2-15-12(14)8-9-13-10-11-6-4-3-5-7-11/h3-7,11H,2,8-9H2,1H3;3-7,13H,2,8-10H2,1H3. The Balaban J connectivity index is 0.000000248. The Morgan fingerprint density at radius 2 is 1.50 bits per heavy atom. The summed E-state index contributed by atoms with van der Waals surface area (Å²) in [6, 6.07) is 19.4. The Bertz CT molecular complexity index is 933. The number of esters is 2. The molecule has 1 fully saturated rings. The minimum Gasteiger partial charge on any atom is -0.466 e. The van der Waals surface area contributed by atoms with Crippen molar-refractivity contribution in [2.24, 2.45) is 5.92 Å². The number of rotatable bonds is 10. The van der Waals surface area contributed by atoms with Crippen LogP contribution in [0.25, 0.3) is 0 Å². The first-order chi connectivity index (χ1) is 16.5. The van der Waals surface area contributed by atoms with Gasteiger partial charge in [0.25, 0.3) is 5.91 Å². The van der Waals surface area contributed by atoms with Gasteiger partial charge in [0.1, 0.15) is 5.92 Å². The van der Waals surface area contributed by atoms with Gasteiger partial charge in [-0.15, -0.1) is 0 Å². The van der Waals surface area contributed by atoms with Gasteiger partial charge in [0.15, 0.2) is 0 Å². The maximum absolute atomic E-state index is 11.8. The lowest BCUT2D eigenvalue weighted by Gasteiger charge is -2.15. The number of nitrogens with zero attached hydrogens (tertiary/aromatic N) is 1. The predicted molar refractivity (Wildman–Crippen MR) is 126 cm³/mol. The van der Waals surface area contributed by atoms with Crippen LogP contribution in [0.3, 0.4) is 0 Å². The number of nitrogens with one attached hydrogen (secondary N) is 1. The summed E-state index contributed by atoms with van der Waals surface area (Å²) in [4.78, 5) is 47.5. The second-order valence-electron chi connectivity index (χ2n) is 7.56. The Morgan fingerprint density at radius 3 is 2.09 bits per heavy atom. The number of ether oxygens (including phenoxy) is 2.